The summed E-state index contributed by atoms with van der Waals surface area (Å²) in [5, 5.41) is 1.17. The summed E-state index contributed by atoms with van der Waals surface area (Å²) < 4.78 is 11.3. The van der Waals surface area contributed by atoms with Gasteiger partial charge in [0.05, 0.1) is 0 Å². The molecule has 1 fully saturated rings. The number of hydrogen-bond acceptors (Lipinski definition) is 2. The van der Waals surface area contributed by atoms with Crippen molar-refractivity contribution in [1.82, 2.24) is 0 Å². The first kappa shape index (κ1) is 18.4. The van der Waals surface area contributed by atoms with Crippen molar-refractivity contribution < 1.29 is 9.47 Å². The van der Waals surface area contributed by atoms with Gasteiger partial charge in [-0.2, -0.15) is 0 Å². The Morgan fingerprint density at radius 3 is 1.95 bits per heavy atom. The summed E-state index contributed by atoms with van der Waals surface area (Å²) in [4.78, 5) is 0. The minimum absolute atomic E-state index is 0.100. The van der Waals surface area contributed by atoms with Crippen molar-refractivity contribution in [3.63, 3.8) is 0 Å². The first-order valence-corrected chi connectivity index (χ1v) is 9.85. The van der Waals surface area contributed by atoms with Crippen molar-refractivity contribution in [3.8, 4) is 0 Å². The molecule has 1 aliphatic heterocycles. The first-order chi connectivity index (χ1) is 9.93. The van der Waals surface area contributed by atoms with Crippen molar-refractivity contribution in [2.24, 2.45) is 0 Å². The Bertz CT molecular complexity index is 193. The molecule has 0 aliphatic carbocycles. The number of hydrogen-bond donors (Lipinski definition) is 0. The number of halogens is 1. The molecule has 1 unspecified atom stereocenters. The second-order valence-corrected chi connectivity index (χ2v) is 6.68. The van der Waals surface area contributed by atoms with Crippen molar-refractivity contribution >= 4 is 15.9 Å². The van der Waals surface area contributed by atoms with E-state index in [1.54, 1.807) is 0 Å². The average Bonchev–Trinajstić information content (AvgIpc) is 2.49. The predicted molar refractivity (Wildman–Crippen MR) is 89.5 cm³/mol. The third kappa shape index (κ3) is 11.1. The lowest BCUT2D eigenvalue weighted by Gasteiger charge is -2.22. The lowest BCUT2D eigenvalue weighted by Crippen LogP contribution is -2.22. The van der Waals surface area contributed by atoms with E-state index in [4.69, 9.17) is 9.47 Å². The second-order valence-electron chi connectivity index (χ2n) is 5.89. The first-order valence-electron chi connectivity index (χ1n) is 8.72. The molecule has 120 valence electrons. The smallest absolute Gasteiger partial charge is 0.157 e. The van der Waals surface area contributed by atoms with Crippen LogP contribution < -0.4 is 0 Å². The van der Waals surface area contributed by atoms with Crippen LogP contribution in [0.2, 0.25) is 0 Å². The van der Waals surface area contributed by atoms with Crippen LogP contribution in [0.5, 0.6) is 0 Å². The van der Waals surface area contributed by atoms with E-state index in [9.17, 15) is 0 Å². The largest absolute Gasteiger partial charge is 0.353 e. The van der Waals surface area contributed by atoms with Crippen LogP contribution in [0.4, 0.5) is 0 Å². The lowest BCUT2D eigenvalue weighted by atomic mass is 10.1. The fourth-order valence-electron chi connectivity index (χ4n) is 2.67. The van der Waals surface area contributed by atoms with Gasteiger partial charge in [-0.3, -0.25) is 0 Å². The fourth-order valence-corrected chi connectivity index (χ4v) is 3.06. The average molecular weight is 349 g/mol. The Balaban J connectivity index is 1.70. The Morgan fingerprint density at radius 1 is 0.800 bits per heavy atom. The van der Waals surface area contributed by atoms with Crippen LogP contribution in [0.1, 0.15) is 83.5 Å². The second kappa shape index (κ2) is 14.3. The van der Waals surface area contributed by atoms with Crippen LogP contribution in [0.15, 0.2) is 0 Å². The zero-order chi connectivity index (χ0) is 14.3. The molecule has 0 amide bonds. The molecule has 0 N–H and O–H groups in total. The monoisotopic (exact) mass is 348 g/mol. The van der Waals surface area contributed by atoms with E-state index in [1.807, 2.05) is 0 Å². The van der Waals surface area contributed by atoms with Crippen molar-refractivity contribution in [2.45, 2.75) is 89.8 Å². The van der Waals surface area contributed by atoms with Gasteiger partial charge in [0.15, 0.2) is 6.29 Å². The third-order valence-electron chi connectivity index (χ3n) is 3.97. The summed E-state index contributed by atoms with van der Waals surface area (Å²) in [6, 6.07) is 0. The van der Waals surface area contributed by atoms with Crippen LogP contribution in [-0.4, -0.2) is 24.8 Å². The van der Waals surface area contributed by atoms with E-state index in [0.29, 0.717) is 0 Å². The molecule has 0 bridgehead atoms. The van der Waals surface area contributed by atoms with Crippen molar-refractivity contribution in [3.05, 3.63) is 0 Å². The quantitative estimate of drug-likeness (QED) is 0.308. The van der Waals surface area contributed by atoms with E-state index in [2.05, 4.69) is 15.9 Å². The minimum Gasteiger partial charge on any atom is -0.353 e. The predicted octanol–water partition coefficient (Wildman–Crippen LogP) is 5.83. The van der Waals surface area contributed by atoms with Crippen LogP contribution in [0.3, 0.4) is 0 Å². The minimum atomic E-state index is 0.100. The molecule has 1 saturated heterocycles. The summed E-state index contributed by atoms with van der Waals surface area (Å²) in [7, 11) is 0. The number of unbranched alkanes of at least 4 members (excludes halogenated alkanes) is 9. The topological polar surface area (TPSA) is 18.5 Å². The van der Waals surface area contributed by atoms with Gasteiger partial charge < -0.3 is 9.47 Å². The summed E-state index contributed by atoms with van der Waals surface area (Å²) >= 11 is 3.48. The highest BCUT2D eigenvalue weighted by molar-refractivity contribution is 9.09. The zero-order valence-corrected chi connectivity index (χ0v) is 14.7. The molecule has 1 rings (SSSR count). The molecular formula is C17H33BrO2. The van der Waals surface area contributed by atoms with Gasteiger partial charge in [0.1, 0.15) is 0 Å². The van der Waals surface area contributed by atoms with Crippen LogP contribution >= 0.6 is 15.9 Å². The Kier molecular flexibility index (Phi) is 13.2. The highest BCUT2D eigenvalue weighted by atomic mass is 79.9. The molecule has 0 radical (unpaired) electrons. The van der Waals surface area contributed by atoms with Crippen molar-refractivity contribution in [1.29, 1.82) is 0 Å². The molecule has 0 aromatic carbocycles. The zero-order valence-electron chi connectivity index (χ0n) is 13.1. The molecule has 0 spiro atoms. The molecule has 0 saturated carbocycles. The maximum absolute atomic E-state index is 5.74. The van der Waals surface area contributed by atoms with E-state index < -0.39 is 0 Å². The van der Waals surface area contributed by atoms with Gasteiger partial charge in [0, 0.05) is 18.5 Å². The highest BCUT2D eigenvalue weighted by Gasteiger charge is 2.13. The van der Waals surface area contributed by atoms with Gasteiger partial charge in [0.25, 0.3) is 0 Å². The van der Waals surface area contributed by atoms with Gasteiger partial charge in [-0.05, 0) is 32.1 Å². The van der Waals surface area contributed by atoms with Crippen LogP contribution in [0, 0.1) is 0 Å². The van der Waals surface area contributed by atoms with Gasteiger partial charge in [0.2, 0.25) is 0 Å². The molecule has 20 heavy (non-hydrogen) atoms. The number of ether oxygens (including phenoxy) is 2. The third-order valence-corrected chi connectivity index (χ3v) is 4.53. The van der Waals surface area contributed by atoms with E-state index in [-0.39, 0.29) is 6.29 Å². The summed E-state index contributed by atoms with van der Waals surface area (Å²) in [5.74, 6) is 0. The van der Waals surface area contributed by atoms with Crippen LogP contribution in [-0.2, 0) is 9.47 Å². The maximum atomic E-state index is 5.74. The normalized spacial score (nSPS) is 19.4. The SMILES string of the molecule is BrCCCCCCCCCCCCOC1CCCCO1. The maximum Gasteiger partial charge on any atom is 0.157 e. The number of alkyl halides is 1. The lowest BCUT2D eigenvalue weighted by molar-refractivity contribution is -0.162. The molecule has 2 nitrogen and oxygen atoms in total. The Hall–Kier alpha value is 0.400. The molecule has 0 aromatic heterocycles. The summed E-state index contributed by atoms with van der Waals surface area (Å²) in [6.07, 6.45) is 17.4. The molecule has 1 aliphatic rings. The molecular weight excluding hydrogens is 316 g/mol. The summed E-state index contributed by atoms with van der Waals surface area (Å²) in [6.45, 7) is 1.78. The van der Waals surface area contributed by atoms with E-state index in [1.165, 1.54) is 82.4 Å². The Labute approximate surface area is 134 Å². The number of rotatable bonds is 13. The van der Waals surface area contributed by atoms with Gasteiger partial charge >= 0.3 is 0 Å². The van der Waals surface area contributed by atoms with Crippen molar-refractivity contribution in [2.75, 3.05) is 18.5 Å². The Morgan fingerprint density at radius 2 is 1.40 bits per heavy atom. The summed E-state index contributed by atoms with van der Waals surface area (Å²) in [5.41, 5.74) is 0. The highest BCUT2D eigenvalue weighted by Crippen LogP contribution is 2.15. The van der Waals surface area contributed by atoms with E-state index in [0.717, 1.165) is 19.6 Å². The van der Waals surface area contributed by atoms with Gasteiger partial charge in [-0.15, -0.1) is 0 Å². The fraction of sp³-hybridized carbons (Fsp3) is 1.00. The van der Waals surface area contributed by atoms with Gasteiger partial charge in [-0.1, -0.05) is 67.3 Å². The van der Waals surface area contributed by atoms with Gasteiger partial charge in [-0.25, -0.2) is 0 Å². The standard InChI is InChI=1S/C17H33BrO2/c18-14-10-7-5-3-1-2-4-6-8-11-15-19-17-13-9-12-16-20-17/h17H,1-16H2. The van der Waals surface area contributed by atoms with Crippen LogP contribution in [0.25, 0.3) is 0 Å². The molecule has 1 heterocycles. The molecule has 3 heteroatoms. The molecule has 0 aromatic rings. The van der Waals surface area contributed by atoms with E-state index >= 15 is 0 Å². The molecule has 1 atom stereocenters.